The third-order valence-corrected chi connectivity index (χ3v) is 3.37. The van der Waals surface area contributed by atoms with Crippen molar-refractivity contribution in [3.8, 4) is 5.69 Å². The Balaban J connectivity index is 1.76. The third-order valence-electron chi connectivity index (χ3n) is 3.12. The summed E-state index contributed by atoms with van der Waals surface area (Å²) in [7, 11) is 0. The number of carbonyl (C=O) groups is 1. The minimum atomic E-state index is -0.102. The largest absolute Gasteiger partial charge is 0.324 e. The van der Waals surface area contributed by atoms with Crippen LogP contribution in [-0.4, -0.2) is 20.7 Å². The van der Waals surface area contributed by atoms with Gasteiger partial charge >= 0.3 is 0 Å². The lowest BCUT2D eigenvalue weighted by molar-refractivity contribution is -0.115. The lowest BCUT2D eigenvalue weighted by Gasteiger charge is -2.10. The maximum Gasteiger partial charge on any atom is 0.228 e. The molecule has 0 fully saturated rings. The van der Waals surface area contributed by atoms with Gasteiger partial charge in [-0.15, -0.1) is 0 Å². The van der Waals surface area contributed by atoms with Crippen molar-refractivity contribution in [2.24, 2.45) is 0 Å². The zero-order chi connectivity index (χ0) is 15.4. The number of hydrogen-bond donors (Lipinski definition) is 1. The number of nitrogens with zero attached hydrogens (tertiary/aromatic N) is 3. The molecule has 22 heavy (non-hydrogen) atoms. The molecule has 1 amide bonds. The van der Waals surface area contributed by atoms with Crippen LogP contribution in [0.1, 0.15) is 5.56 Å². The van der Waals surface area contributed by atoms with Gasteiger partial charge in [0, 0.05) is 5.02 Å². The predicted molar refractivity (Wildman–Crippen MR) is 85.1 cm³/mol. The lowest BCUT2D eigenvalue weighted by Crippen LogP contribution is -2.16. The number of hydrogen-bond acceptors (Lipinski definition) is 3. The summed E-state index contributed by atoms with van der Waals surface area (Å²) in [6, 6.07) is 14.7. The first-order chi connectivity index (χ1) is 10.7. The number of amides is 1. The van der Waals surface area contributed by atoms with E-state index in [0.717, 1.165) is 11.3 Å². The number of halogens is 1. The Morgan fingerprint density at radius 1 is 1.14 bits per heavy atom. The van der Waals surface area contributed by atoms with Crippen LogP contribution in [0.3, 0.4) is 0 Å². The molecule has 110 valence electrons. The summed E-state index contributed by atoms with van der Waals surface area (Å²) in [5, 5.41) is 7.64. The number of nitrogens with one attached hydrogen (secondary N) is 1. The van der Waals surface area contributed by atoms with Crippen molar-refractivity contribution in [1.29, 1.82) is 0 Å². The van der Waals surface area contributed by atoms with Crippen molar-refractivity contribution in [2.75, 3.05) is 5.32 Å². The molecule has 0 saturated carbocycles. The lowest BCUT2D eigenvalue weighted by atomic mass is 10.1. The SMILES string of the molecule is O=C(Cc1ccc(Cl)cc1)Nc1ccccc1-n1cncn1. The van der Waals surface area contributed by atoms with Gasteiger partial charge in [-0.3, -0.25) is 4.79 Å². The van der Waals surface area contributed by atoms with E-state index >= 15 is 0 Å². The van der Waals surface area contributed by atoms with Crippen LogP contribution in [-0.2, 0) is 11.2 Å². The van der Waals surface area contributed by atoms with E-state index in [1.807, 2.05) is 36.4 Å². The number of benzene rings is 2. The Bertz CT molecular complexity index is 769. The molecule has 3 aromatic rings. The van der Waals surface area contributed by atoms with Crippen LogP contribution in [0.2, 0.25) is 5.02 Å². The molecule has 0 aliphatic rings. The van der Waals surface area contributed by atoms with Gasteiger partial charge < -0.3 is 5.32 Å². The second-order valence-electron chi connectivity index (χ2n) is 4.71. The maximum absolute atomic E-state index is 12.2. The Hall–Kier alpha value is -2.66. The van der Waals surface area contributed by atoms with Crippen LogP contribution in [0.5, 0.6) is 0 Å². The van der Waals surface area contributed by atoms with E-state index in [2.05, 4.69) is 15.4 Å². The standard InChI is InChI=1S/C16H13ClN4O/c17-13-7-5-12(6-8-13)9-16(22)20-14-3-1-2-4-15(14)21-11-18-10-19-21/h1-8,10-11H,9H2,(H,20,22). The van der Waals surface area contributed by atoms with Gasteiger partial charge in [-0.25, -0.2) is 9.67 Å². The highest BCUT2D eigenvalue weighted by Crippen LogP contribution is 2.19. The third kappa shape index (κ3) is 3.32. The number of para-hydroxylation sites is 2. The van der Waals surface area contributed by atoms with E-state index in [9.17, 15) is 4.79 Å². The summed E-state index contributed by atoms with van der Waals surface area (Å²) >= 11 is 5.84. The maximum atomic E-state index is 12.2. The molecule has 3 rings (SSSR count). The molecular formula is C16H13ClN4O. The monoisotopic (exact) mass is 312 g/mol. The average molecular weight is 313 g/mol. The number of rotatable bonds is 4. The van der Waals surface area contributed by atoms with Gasteiger partial charge in [-0.1, -0.05) is 35.9 Å². The van der Waals surface area contributed by atoms with Gasteiger partial charge in [0.05, 0.1) is 17.8 Å². The van der Waals surface area contributed by atoms with Crippen LogP contribution >= 0.6 is 11.6 Å². The summed E-state index contributed by atoms with van der Waals surface area (Å²) in [5.41, 5.74) is 2.36. The van der Waals surface area contributed by atoms with Gasteiger partial charge in [-0.2, -0.15) is 5.10 Å². The molecule has 0 spiro atoms. The summed E-state index contributed by atoms with van der Waals surface area (Å²) in [6.45, 7) is 0. The predicted octanol–water partition coefficient (Wildman–Crippen LogP) is 3.10. The Morgan fingerprint density at radius 2 is 1.91 bits per heavy atom. The highest BCUT2D eigenvalue weighted by molar-refractivity contribution is 6.30. The Morgan fingerprint density at radius 3 is 2.64 bits per heavy atom. The smallest absolute Gasteiger partial charge is 0.228 e. The van der Waals surface area contributed by atoms with E-state index in [1.54, 1.807) is 23.1 Å². The van der Waals surface area contributed by atoms with E-state index in [1.165, 1.54) is 6.33 Å². The highest BCUT2D eigenvalue weighted by atomic mass is 35.5. The molecule has 0 atom stereocenters. The quantitative estimate of drug-likeness (QED) is 0.805. The van der Waals surface area contributed by atoms with Crippen molar-refractivity contribution < 1.29 is 4.79 Å². The van der Waals surface area contributed by atoms with Crippen LogP contribution in [0.15, 0.2) is 61.2 Å². The molecule has 0 bridgehead atoms. The fourth-order valence-electron chi connectivity index (χ4n) is 2.09. The Kier molecular flexibility index (Phi) is 4.16. The molecule has 0 radical (unpaired) electrons. The van der Waals surface area contributed by atoms with E-state index in [-0.39, 0.29) is 12.3 Å². The molecule has 1 aromatic heterocycles. The first-order valence-corrected chi connectivity index (χ1v) is 7.08. The zero-order valence-corrected chi connectivity index (χ0v) is 12.4. The molecule has 0 unspecified atom stereocenters. The van der Waals surface area contributed by atoms with Crippen molar-refractivity contribution in [3.63, 3.8) is 0 Å². The number of carbonyl (C=O) groups excluding carboxylic acids is 1. The topological polar surface area (TPSA) is 59.8 Å². The minimum absolute atomic E-state index is 0.102. The second kappa shape index (κ2) is 6.41. The van der Waals surface area contributed by atoms with Crippen LogP contribution in [0, 0.1) is 0 Å². The molecule has 2 aromatic carbocycles. The van der Waals surface area contributed by atoms with Crippen molar-refractivity contribution in [1.82, 2.24) is 14.8 Å². The molecule has 1 heterocycles. The van der Waals surface area contributed by atoms with Crippen molar-refractivity contribution in [3.05, 3.63) is 71.8 Å². The molecule has 1 N–H and O–H groups in total. The van der Waals surface area contributed by atoms with E-state index in [4.69, 9.17) is 11.6 Å². The second-order valence-corrected chi connectivity index (χ2v) is 5.15. The summed E-state index contributed by atoms with van der Waals surface area (Å²) in [4.78, 5) is 16.1. The van der Waals surface area contributed by atoms with Gasteiger partial charge in [0.25, 0.3) is 0 Å². The highest BCUT2D eigenvalue weighted by Gasteiger charge is 2.09. The van der Waals surface area contributed by atoms with Crippen molar-refractivity contribution >= 4 is 23.2 Å². The molecule has 0 aliphatic heterocycles. The van der Waals surface area contributed by atoms with Crippen molar-refractivity contribution in [2.45, 2.75) is 6.42 Å². The average Bonchev–Trinajstić information content (AvgIpc) is 3.04. The number of aromatic nitrogens is 3. The first-order valence-electron chi connectivity index (χ1n) is 6.71. The fourth-order valence-corrected chi connectivity index (χ4v) is 2.22. The van der Waals surface area contributed by atoms with Gasteiger partial charge in [0.2, 0.25) is 5.91 Å². The fraction of sp³-hybridized carbons (Fsp3) is 0.0625. The summed E-state index contributed by atoms with van der Waals surface area (Å²) < 4.78 is 1.61. The van der Waals surface area contributed by atoms with E-state index < -0.39 is 0 Å². The summed E-state index contributed by atoms with van der Waals surface area (Å²) in [5.74, 6) is -0.102. The van der Waals surface area contributed by atoms with Crippen LogP contribution < -0.4 is 5.32 Å². The molecule has 0 saturated heterocycles. The number of anilines is 1. The van der Waals surface area contributed by atoms with Gasteiger partial charge in [-0.05, 0) is 29.8 Å². The van der Waals surface area contributed by atoms with Crippen LogP contribution in [0.4, 0.5) is 5.69 Å². The Labute approximate surface area is 132 Å². The molecule has 0 aliphatic carbocycles. The molecular weight excluding hydrogens is 300 g/mol. The first kappa shape index (κ1) is 14.3. The van der Waals surface area contributed by atoms with E-state index in [0.29, 0.717) is 10.7 Å². The molecule has 5 nitrogen and oxygen atoms in total. The zero-order valence-electron chi connectivity index (χ0n) is 11.6. The van der Waals surface area contributed by atoms with Gasteiger partial charge in [0.1, 0.15) is 12.7 Å². The summed E-state index contributed by atoms with van der Waals surface area (Å²) in [6.07, 6.45) is 3.32. The van der Waals surface area contributed by atoms with Gasteiger partial charge in [0.15, 0.2) is 0 Å². The van der Waals surface area contributed by atoms with Crippen LogP contribution in [0.25, 0.3) is 5.69 Å². The molecule has 6 heteroatoms. The normalized spacial score (nSPS) is 10.4. The minimum Gasteiger partial charge on any atom is -0.324 e.